The third kappa shape index (κ3) is 3.41. The van der Waals surface area contributed by atoms with Crippen LogP contribution in [0.25, 0.3) is 0 Å². The molecule has 7 heteroatoms. The Bertz CT molecular complexity index is 780. The van der Waals surface area contributed by atoms with E-state index in [1.807, 2.05) is 36.4 Å². The molecular weight excluding hydrogens is 376 g/mol. The fourth-order valence-electron chi connectivity index (χ4n) is 2.78. The summed E-state index contributed by atoms with van der Waals surface area (Å²) in [4.78, 5) is 24.8. The fourth-order valence-corrected chi connectivity index (χ4v) is 3.28. The van der Waals surface area contributed by atoms with E-state index < -0.39 is 4.92 Å². The second-order valence-electron chi connectivity index (χ2n) is 5.40. The van der Waals surface area contributed by atoms with Crippen LogP contribution in [0, 0.1) is 10.1 Å². The first-order valence-electron chi connectivity index (χ1n) is 7.51. The summed E-state index contributed by atoms with van der Waals surface area (Å²) in [7, 11) is 0. The maximum Gasteiger partial charge on any atom is 0.294 e. The van der Waals surface area contributed by atoms with Gasteiger partial charge < -0.3 is 9.64 Å². The van der Waals surface area contributed by atoms with Crippen molar-refractivity contribution in [3.8, 4) is 5.75 Å². The highest BCUT2D eigenvalue weighted by molar-refractivity contribution is 9.10. The van der Waals surface area contributed by atoms with Gasteiger partial charge in [0.25, 0.3) is 5.69 Å². The molecule has 0 fully saturated rings. The minimum absolute atomic E-state index is 0.0470. The van der Waals surface area contributed by atoms with Gasteiger partial charge in [-0.15, -0.1) is 0 Å². The molecule has 0 radical (unpaired) electrons. The van der Waals surface area contributed by atoms with E-state index in [-0.39, 0.29) is 24.6 Å². The third-order valence-electron chi connectivity index (χ3n) is 3.83. The monoisotopic (exact) mass is 390 g/mol. The van der Waals surface area contributed by atoms with E-state index in [0.717, 1.165) is 5.56 Å². The van der Waals surface area contributed by atoms with Crippen molar-refractivity contribution in [2.24, 2.45) is 0 Å². The molecule has 1 aliphatic rings. The van der Waals surface area contributed by atoms with Gasteiger partial charge in [-0.3, -0.25) is 14.9 Å². The summed E-state index contributed by atoms with van der Waals surface area (Å²) in [6.07, 6.45) is 0.780. The van der Waals surface area contributed by atoms with E-state index in [1.165, 1.54) is 11.0 Å². The summed E-state index contributed by atoms with van der Waals surface area (Å²) in [5.41, 5.74) is 1.18. The first-order chi connectivity index (χ1) is 11.6. The SMILES string of the molecule is O=C(CCOc1ccccc1)N1CCc2cc(Br)cc([N+](=O)[O-])c21. The summed E-state index contributed by atoms with van der Waals surface area (Å²) in [5, 5.41) is 11.3. The van der Waals surface area contributed by atoms with Gasteiger partial charge >= 0.3 is 0 Å². The van der Waals surface area contributed by atoms with Crippen molar-refractivity contribution in [3.05, 3.63) is 62.6 Å². The highest BCUT2D eigenvalue weighted by Crippen LogP contribution is 2.39. The van der Waals surface area contributed by atoms with Crippen LogP contribution in [0.1, 0.15) is 12.0 Å². The van der Waals surface area contributed by atoms with Crippen LogP contribution in [-0.4, -0.2) is 24.0 Å². The quantitative estimate of drug-likeness (QED) is 0.575. The predicted octanol–water partition coefficient (Wildman–Crippen LogP) is 3.72. The van der Waals surface area contributed by atoms with E-state index in [9.17, 15) is 14.9 Å². The van der Waals surface area contributed by atoms with E-state index in [1.54, 1.807) is 0 Å². The van der Waals surface area contributed by atoms with E-state index in [0.29, 0.717) is 28.9 Å². The smallest absolute Gasteiger partial charge is 0.294 e. The van der Waals surface area contributed by atoms with Crippen molar-refractivity contribution in [3.63, 3.8) is 0 Å². The number of benzene rings is 2. The Kier molecular flexibility index (Phi) is 4.80. The standard InChI is InChI=1S/C17H15BrN2O4/c18-13-10-12-6-8-19(17(12)15(11-13)20(22)23)16(21)7-9-24-14-4-2-1-3-5-14/h1-5,10-11H,6-9H2. The largest absolute Gasteiger partial charge is 0.493 e. The van der Waals surface area contributed by atoms with Gasteiger partial charge in [0.1, 0.15) is 11.4 Å². The summed E-state index contributed by atoms with van der Waals surface area (Å²) in [6.45, 7) is 0.690. The molecule has 2 aromatic carbocycles. The van der Waals surface area contributed by atoms with E-state index in [4.69, 9.17) is 4.74 Å². The van der Waals surface area contributed by atoms with Gasteiger partial charge in [0.2, 0.25) is 5.91 Å². The van der Waals surface area contributed by atoms with Crippen molar-refractivity contribution >= 4 is 33.2 Å². The maximum absolute atomic E-state index is 12.5. The molecule has 0 bridgehead atoms. The van der Waals surface area contributed by atoms with Crippen LogP contribution in [-0.2, 0) is 11.2 Å². The highest BCUT2D eigenvalue weighted by Gasteiger charge is 2.32. The number of amides is 1. The Labute approximate surface area is 147 Å². The molecule has 1 amide bonds. The molecule has 0 atom stereocenters. The molecule has 0 spiro atoms. The lowest BCUT2D eigenvalue weighted by Gasteiger charge is -2.17. The molecular formula is C17H15BrN2O4. The Hall–Kier alpha value is -2.41. The predicted molar refractivity (Wildman–Crippen MR) is 93.4 cm³/mol. The molecule has 24 heavy (non-hydrogen) atoms. The van der Waals surface area contributed by atoms with Crippen LogP contribution >= 0.6 is 15.9 Å². The zero-order valence-electron chi connectivity index (χ0n) is 12.8. The lowest BCUT2D eigenvalue weighted by molar-refractivity contribution is -0.384. The fraction of sp³-hybridized carbons (Fsp3) is 0.235. The van der Waals surface area contributed by atoms with Gasteiger partial charge in [-0.2, -0.15) is 0 Å². The van der Waals surface area contributed by atoms with Crippen LogP contribution in [0.15, 0.2) is 46.9 Å². The number of ether oxygens (including phenoxy) is 1. The normalized spacial score (nSPS) is 12.8. The number of nitro groups is 1. The number of hydrogen-bond donors (Lipinski definition) is 0. The average Bonchev–Trinajstić information content (AvgIpc) is 2.98. The van der Waals surface area contributed by atoms with Gasteiger partial charge in [-0.25, -0.2) is 0 Å². The zero-order valence-corrected chi connectivity index (χ0v) is 14.4. The van der Waals surface area contributed by atoms with Gasteiger partial charge in [0.15, 0.2) is 0 Å². The molecule has 0 unspecified atom stereocenters. The Balaban J connectivity index is 1.71. The van der Waals surface area contributed by atoms with Crippen LogP contribution in [0.4, 0.5) is 11.4 Å². The van der Waals surface area contributed by atoms with E-state index in [2.05, 4.69) is 15.9 Å². The summed E-state index contributed by atoms with van der Waals surface area (Å²) in [6, 6.07) is 12.5. The van der Waals surface area contributed by atoms with Crippen LogP contribution < -0.4 is 9.64 Å². The third-order valence-corrected chi connectivity index (χ3v) is 4.29. The lowest BCUT2D eigenvalue weighted by atomic mass is 10.1. The van der Waals surface area contributed by atoms with Crippen molar-refractivity contribution in [1.82, 2.24) is 0 Å². The number of fused-ring (bicyclic) bond motifs is 1. The minimum atomic E-state index is -0.449. The molecule has 0 aliphatic carbocycles. The first-order valence-corrected chi connectivity index (χ1v) is 8.30. The Morgan fingerprint density at radius 3 is 2.75 bits per heavy atom. The minimum Gasteiger partial charge on any atom is -0.493 e. The lowest BCUT2D eigenvalue weighted by Crippen LogP contribution is -2.30. The van der Waals surface area contributed by atoms with Gasteiger partial charge in [-0.1, -0.05) is 34.1 Å². The number of para-hydroxylation sites is 1. The second-order valence-corrected chi connectivity index (χ2v) is 6.31. The first kappa shape index (κ1) is 16.4. The molecule has 0 N–H and O–H groups in total. The van der Waals surface area contributed by atoms with Crippen molar-refractivity contribution in [2.75, 3.05) is 18.1 Å². The molecule has 0 saturated heterocycles. The van der Waals surface area contributed by atoms with E-state index >= 15 is 0 Å². The van der Waals surface area contributed by atoms with Gasteiger partial charge in [-0.05, 0) is 30.2 Å². The molecule has 6 nitrogen and oxygen atoms in total. The molecule has 3 rings (SSSR count). The number of rotatable bonds is 5. The molecule has 0 aromatic heterocycles. The Morgan fingerprint density at radius 1 is 1.29 bits per heavy atom. The number of halogens is 1. The molecule has 0 saturated carbocycles. The number of carbonyl (C=O) groups excluding carboxylic acids is 1. The summed E-state index contributed by atoms with van der Waals surface area (Å²) in [5.74, 6) is 0.525. The molecule has 124 valence electrons. The molecule has 1 heterocycles. The van der Waals surface area contributed by atoms with Gasteiger partial charge in [0.05, 0.1) is 18.0 Å². The van der Waals surface area contributed by atoms with Crippen LogP contribution in [0.2, 0.25) is 0 Å². The van der Waals surface area contributed by atoms with Crippen LogP contribution in [0.5, 0.6) is 5.75 Å². The summed E-state index contributed by atoms with van der Waals surface area (Å²) < 4.78 is 6.18. The number of hydrogen-bond acceptors (Lipinski definition) is 4. The molecule has 2 aromatic rings. The highest BCUT2D eigenvalue weighted by atomic mass is 79.9. The number of carbonyl (C=O) groups is 1. The van der Waals surface area contributed by atoms with Crippen molar-refractivity contribution < 1.29 is 14.5 Å². The Morgan fingerprint density at radius 2 is 2.04 bits per heavy atom. The zero-order chi connectivity index (χ0) is 17.1. The average molecular weight is 391 g/mol. The topological polar surface area (TPSA) is 72.7 Å². The van der Waals surface area contributed by atoms with Crippen molar-refractivity contribution in [1.29, 1.82) is 0 Å². The maximum atomic E-state index is 12.5. The second kappa shape index (κ2) is 7.00. The summed E-state index contributed by atoms with van der Waals surface area (Å²) >= 11 is 3.28. The van der Waals surface area contributed by atoms with Crippen LogP contribution in [0.3, 0.4) is 0 Å². The van der Waals surface area contributed by atoms with Crippen molar-refractivity contribution in [2.45, 2.75) is 12.8 Å². The number of anilines is 1. The van der Waals surface area contributed by atoms with Gasteiger partial charge in [0, 0.05) is 17.1 Å². The number of nitro benzene ring substituents is 1. The molecule has 1 aliphatic heterocycles. The number of nitrogens with zero attached hydrogens (tertiary/aromatic N) is 2.